The van der Waals surface area contributed by atoms with Gasteiger partial charge in [-0.1, -0.05) is 12.1 Å². The number of hydrogen-bond donors (Lipinski definition) is 3. The maximum absolute atomic E-state index is 12.0. The van der Waals surface area contributed by atoms with Crippen LogP contribution in [0.25, 0.3) is 0 Å². The van der Waals surface area contributed by atoms with Crippen molar-refractivity contribution in [1.82, 2.24) is 5.32 Å². The number of anilines is 3. The van der Waals surface area contributed by atoms with Crippen LogP contribution in [0.1, 0.15) is 12.0 Å². The van der Waals surface area contributed by atoms with Crippen molar-refractivity contribution in [2.45, 2.75) is 12.8 Å². The highest BCUT2D eigenvalue weighted by Crippen LogP contribution is 2.30. The largest absolute Gasteiger partial charge is 0.482 e. The average molecular weight is 368 g/mol. The fraction of sp³-hybridized carbons (Fsp3) is 0.300. The molecule has 0 atom stereocenters. The lowest BCUT2D eigenvalue weighted by molar-refractivity contribution is -0.118. The summed E-state index contributed by atoms with van der Waals surface area (Å²) in [4.78, 5) is 25.4. The summed E-state index contributed by atoms with van der Waals surface area (Å²) in [6, 6.07) is 13.3. The molecule has 1 aliphatic heterocycles. The molecule has 2 aromatic rings. The van der Waals surface area contributed by atoms with Crippen molar-refractivity contribution >= 4 is 29.0 Å². The summed E-state index contributed by atoms with van der Waals surface area (Å²) in [6.45, 7) is 0.566. The summed E-state index contributed by atoms with van der Waals surface area (Å²) >= 11 is 0. The number of aryl methyl sites for hydroxylation is 1. The number of urea groups is 1. The van der Waals surface area contributed by atoms with Crippen molar-refractivity contribution in [2.24, 2.45) is 0 Å². The van der Waals surface area contributed by atoms with E-state index in [0.29, 0.717) is 23.7 Å². The number of carbonyl (C=O) groups is 2. The van der Waals surface area contributed by atoms with Crippen LogP contribution >= 0.6 is 0 Å². The van der Waals surface area contributed by atoms with Crippen LogP contribution in [-0.2, 0) is 11.2 Å². The van der Waals surface area contributed by atoms with E-state index in [1.807, 2.05) is 14.1 Å². The van der Waals surface area contributed by atoms with Gasteiger partial charge in [0.1, 0.15) is 5.75 Å². The third kappa shape index (κ3) is 5.13. The van der Waals surface area contributed by atoms with Crippen LogP contribution in [0.5, 0.6) is 5.75 Å². The third-order valence-corrected chi connectivity index (χ3v) is 4.25. The molecule has 0 spiro atoms. The number of fused-ring (bicyclic) bond motifs is 1. The van der Waals surface area contributed by atoms with E-state index in [4.69, 9.17) is 4.74 Å². The van der Waals surface area contributed by atoms with Gasteiger partial charge in [0, 0.05) is 38.1 Å². The van der Waals surface area contributed by atoms with Gasteiger partial charge >= 0.3 is 6.03 Å². The number of nitrogens with zero attached hydrogens (tertiary/aromatic N) is 1. The Labute approximate surface area is 158 Å². The van der Waals surface area contributed by atoms with Gasteiger partial charge in [0.15, 0.2) is 6.61 Å². The predicted molar refractivity (Wildman–Crippen MR) is 107 cm³/mol. The zero-order chi connectivity index (χ0) is 19.2. The highest BCUT2D eigenvalue weighted by molar-refractivity contribution is 5.96. The first-order valence-electron chi connectivity index (χ1n) is 8.89. The minimum absolute atomic E-state index is 0.0157. The number of benzene rings is 2. The number of amides is 3. The first-order chi connectivity index (χ1) is 13.0. The zero-order valence-electron chi connectivity index (χ0n) is 15.5. The van der Waals surface area contributed by atoms with E-state index in [1.165, 1.54) is 11.3 Å². The van der Waals surface area contributed by atoms with Gasteiger partial charge in [-0.15, -0.1) is 0 Å². The smallest absolute Gasteiger partial charge is 0.319 e. The molecule has 2 aromatic carbocycles. The predicted octanol–water partition coefficient (Wildman–Crippen LogP) is 2.84. The van der Waals surface area contributed by atoms with Crippen LogP contribution in [0.3, 0.4) is 0 Å². The molecule has 7 heteroatoms. The Morgan fingerprint density at radius 3 is 2.70 bits per heavy atom. The van der Waals surface area contributed by atoms with Crippen molar-refractivity contribution in [2.75, 3.05) is 42.8 Å². The summed E-state index contributed by atoms with van der Waals surface area (Å²) in [5, 5.41) is 8.34. The van der Waals surface area contributed by atoms with Crippen LogP contribution in [0.2, 0.25) is 0 Å². The van der Waals surface area contributed by atoms with E-state index in [9.17, 15) is 9.59 Å². The van der Waals surface area contributed by atoms with Crippen LogP contribution in [-0.4, -0.2) is 39.2 Å². The van der Waals surface area contributed by atoms with E-state index in [0.717, 1.165) is 12.8 Å². The highest BCUT2D eigenvalue weighted by Gasteiger charge is 2.16. The average Bonchev–Trinajstić information content (AvgIpc) is 2.66. The molecule has 0 bridgehead atoms. The van der Waals surface area contributed by atoms with Gasteiger partial charge in [-0.25, -0.2) is 4.79 Å². The minimum Gasteiger partial charge on any atom is -0.482 e. The van der Waals surface area contributed by atoms with Gasteiger partial charge in [-0.2, -0.15) is 0 Å². The molecule has 0 fully saturated rings. The molecule has 3 N–H and O–H groups in total. The molecule has 0 saturated carbocycles. The molecule has 1 heterocycles. The molecular formula is C20H24N4O3. The molecule has 0 saturated heterocycles. The molecular weight excluding hydrogens is 344 g/mol. The highest BCUT2D eigenvalue weighted by atomic mass is 16.5. The molecule has 0 unspecified atom stereocenters. The van der Waals surface area contributed by atoms with Crippen LogP contribution in [0, 0.1) is 0 Å². The second kappa shape index (κ2) is 8.44. The van der Waals surface area contributed by atoms with Gasteiger partial charge in [-0.3, -0.25) is 4.79 Å². The van der Waals surface area contributed by atoms with Crippen molar-refractivity contribution in [3.63, 3.8) is 0 Å². The van der Waals surface area contributed by atoms with Gasteiger partial charge in [0.2, 0.25) is 0 Å². The molecule has 142 valence electrons. The minimum atomic E-state index is -0.266. The zero-order valence-corrected chi connectivity index (χ0v) is 15.5. The van der Waals surface area contributed by atoms with Crippen molar-refractivity contribution in [3.05, 3.63) is 48.0 Å². The van der Waals surface area contributed by atoms with Crippen molar-refractivity contribution in [1.29, 1.82) is 0 Å². The Morgan fingerprint density at radius 2 is 1.96 bits per heavy atom. The van der Waals surface area contributed by atoms with Crippen molar-refractivity contribution in [3.8, 4) is 5.75 Å². The standard InChI is InChI=1S/C20H24N4O3/c1-24(2)16-8-5-14(6-9-16)4-3-11-21-20(26)22-15-7-10-17-18(12-15)27-13-19(25)23-17/h5-10,12H,3-4,11,13H2,1-2H3,(H,23,25)(H2,21,22,26). The SMILES string of the molecule is CN(C)c1ccc(CCCNC(=O)Nc2ccc3c(c2)OCC(=O)N3)cc1. The topological polar surface area (TPSA) is 82.7 Å². The summed E-state index contributed by atoms with van der Waals surface area (Å²) in [6.07, 6.45) is 1.76. The Bertz CT molecular complexity index is 818. The normalized spacial score (nSPS) is 12.4. The fourth-order valence-corrected chi connectivity index (χ4v) is 2.78. The maximum atomic E-state index is 12.0. The number of carbonyl (C=O) groups excluding carboxylic acids is 2. The summed E-state index contributed by atoms with van der Waals surface area (Å²) in [7, 11) is 4.03. The van der Waals surface area contributed by atoms with Gasteiger partial charge in [0.05, 0.1) is 5.69 Å². The van der Waals surface area contributed by atoms with E-state index in [-0.39, 0.29) is 18.5 Å². The molecule has 0 radical (unpaired) electrons. The first kappa shape index (κ1) is 18.6. The lowest BCUT2D eigenvalue weighted by atomic mass is 10.1. The quantitative estimate of drug-likeness (QED) is 0.685. The Hall–Kier alpha value is -3.22. The third-order valence-electron chi connectivity index (χ3n) is 4.25. The fourth-order valence-electron chi connectivity index (χ4n) is 2.78. The van der Waals surface area contributed by atoms with Crippen LogP contribution in [0.4, 0.5) is 21.9 Å². The Morgan fingerprint density at radius 1 is 1.19 bits per heavy atom. The molecule has 1 aliphatic rings. The molecule has 3 rings (SSSR count). The van der Waals surface area contributed by atoms with E-state index >= 15 is 0 Å². The lowest BCUT2D eigenvalue weighted by Gasteiger charge is -2.18. The van der Waals surface area contributed by atoms with Gasteiger partial charge < -0.3 is 25.6 Å². The summed E-state index contributed by atoms with van der Waals surface area (Å²) in [5.74, 6) is 0.367. The van der Waals surface area contributed by atoms with E-state index in [1.54, 1.807) is 18.2 Å². The van der Waals surface area contributed by atoms with E-state index in [2.05, 4.69) is 45.1 Å². The van der Waals surface area contributed by atoms with E-state index < -0.39 is 0 Å². The van der Waals surface area contributed by atoms with Crippen LogP contribution in [0.15, 0.2) is 42.5 Å². The molecule has 27 heavy (non-hydrogen) atoms. The van der Waals surface area contributed by atoms with Crippen LogP contribution < -0.4 is 25.6 Å². The Kier molecular flexibility index (Phi) is 5.80. The monoisotopic (exact) mass is 368 g/mol. The number of hydrogen-bond acceptors (Lipinski definition) is 4. The second-order valence-electron chi connectivity index (χ2n) is 6.59. The number of ether oxygens (including phenoxy) is 1. The summed E-state index contributed by atoms with van der Waals surface area (Å²) < 4.78 is 5.34. The maximum Gasteiger partial charge on any atom is 0.319 e. The lowest BCUT2D eigenvalue weighted by Crippen LogP contribution is -2.30. The Balaban J connectivity index is 1.41. The molecule has 7 nitrogen and oxygen atoms in total. The number of nitrogens with one attached hydrogen (secondary N) is 3. The first-order valence-corrected chi connectivity index (χ1v) is 8.89. The van der Waals surface area contributed by atoms with Gasteiger partial charge in [0.25, 0.3) is 5.91 Å². The molecule has 0 aromatic heterocycles. The molecule has 0 aliphatic carbocycles. The van der Waals surface area contributed by atoms with Gasteiger partial charge in [-0.05, 0) is 42.7 Å². The van der Waals surface area contributed by atoms with Crippen molar-refractivity contribution < 1.29 is 14.3 Å². The second-order valence-corrected chi connectivity index (χ2v) is 6.59. The summed E-state index contributed by atoms with van der Waals surface area (Å²) in [5.41, 5.74) is 3.64. The molecule has 3 amide bonds. The number of rotatable bonds is 6.